The second kappa shape index (κ2) is 5.66. The molecule has 0 amide bonds. The van der Waals surface area contributed by atoms with Gasteiger partial charge in [0, 0.05) is 29.2 Å². The van der Waals surface area contributed by atoms with E-state index in [1.807, 2.05) is 17.8 Å². The number of anilines is 1. The fourth-order valence-corrected chi connectivity index (χ4v) is 3.35. The number of nitrogens with zero attached hydrogens (tertiary/aromatic N) is 2. The number of thioether (sulfide) groups is 1. The van der Waals surface area contributed by atoms with E-state index in [9.17, 15) is 10.1 Å². The Balaban J connectivity index is 2.27. The molecule has 0 radical (unpaired) electrons. The van der Waals surface area contributed by atoms with E-state index in [0.717, 1.165) is 37.2 Å². The molecule has 1 heterocycles. The molecule has 2 rings (SSSR count). The average Bonchev–Trinajstić information content (AvgIpc) is 2.59. The second-order valence-corrected chi connectivity index (χ2v) is 7.15. The van der Waals surface area contributed by atoms with E-state index < -0.39 is 0 Å². The van der Waals surface area contributed by atoms with Gasteiger partial charge in [-0.3, -0.25) is 4.79 Å². The maximum Gasteiger partial charge on any atom is 0.150 e. The third kappa shape index (κ3) is 3.30. The van der Waals surface area contributed by atoms with Gasteiger partial charge in [-0.1, -0.05) is 13.8 Å². The Morgan fingerprint density at radius 2 is 2.21 bits per heavy atom. The van der Waals surface area contributed by atoms with Crippen molar-refractivity contribution < 1.29 is 4.79 Å². The van der Waals surface area contributed by atoms with Gasteiger partial charge in [0.05, 0.1) is 11.3 Å². The van der Waals surface area contributed by atoms with Crippen molar-refractivity contribution in [1.29, 1.82) is 5.26 Å². The van der Waals surface area contributed by atoms with Crippen molar-refractivity contribution in [3.63, 3.8) is 0 Å². The molecule has 0 spiro atoms. The van der Waals surface area contributed by atoms with Gasteiger partial charge in [-0.15, -0.1) is 0 Å². The summed E-state index contributed by atoms with van der Waals surface area (Å²) in [5.74, 6) is 1.06. The normalized spacial score (nSPS) is 18.5. The first-order valence-electron chi connectivity index (χ1n) is 6.44. The van der Waals surface area contributed by atoms with E-state index in [2.05, 4.69) is 24.8 Å². The Bertz CT molecular complexity index is 519. The maximum absolute atomic E-state index is 10.8. The minimum absolute atomic E-state index is 0.296. The molecule has 4 heteroatoms. The number of carbonyl (C=O) groups is 1. The molecule has 19 heavy (non-hydrogen) atoms. The van der Waals surface area contributed by atoms with Crippen molar-refractivity contribution in [2.45, 2.75) is 25.0 Å². The molecule has 1 saturated heterocycles. The van der Waals surface area contributed by atoms with E-state index in [0.29, 0.717) is 15.9 Å². The highest BCUT2D eigenvalue weighted by Gasteiger charge is 2.24. The number of hydrogen-bond acceptors (Lipinski definition) is 4. The first kappa shape index (κ1) is 14.0. The molecule has 100 valence electrons. The Hall–Kier alpha value is -1.47. The molecular formula is C15H18N2OS. The Morgan fingerprint density at radius 1 is 1.42 bits per heavy atom. The standard InChI is InChI=1S/C15H18N2OS/c1-15(2)5-6-17(7-8-19-15)14-4-3-12(11-18)9-13(14)10-16/h3-4,9,11H,5-8H2,1-2H3. The molecule has 0 unspecified atom stereocenters. The highest BCUT2D eigenvalue weighted by atomic mass is 32.2. The van der Waals surface area contributed by atoms with Crippen LogP contribution in [0.25, 0.3) is 0 Å². The second-order valence-electron chi connectivity index (χ2n) is 5.35. The van der Waals surface area contributed by atoms with Crippen LogP contribution in [0, 0.1) is 11.3 Å². The molecule has 1 fully saturated rings. The third-order valence-electron chi connectivity index (χ3n) is 3.46. The maximum atomic E-state index is 10.8. The molecule has 1 aromatic rings. The van der Waals surface area contributed by atoms with E-state index in [1.165, 1.54) is 0 Å². The largest absolute Gasteiger partial charge is 0.370 e. The van der Waals surface area contributed by atoms with Gasteiger partial charge in [-0.05, 0) is 24.6 Å². The highest BCUT2D eigenvalue weighted by molar-refractivity contribution is 8.00. The van der Waals surface area contributed by atoms with Crippen molar-refractivity contribution in [2.75, 3.05) is 23.7 Å². The van der Waals surface area contributed by atoms with E-state index in [1.54, 1.807) is 12.1 Å². The first-order chi connectivity index (χ1) is 9.05. The molecule has 1 aromatic carbocycles. The summed E-state index contributed by atoms with van der Waals surface area (Å²) < 4.78 is 0.296. The summed E-state index contributed by atoms with van der Waals surface area (Å²) in [5, 5.41) is 9.24. The van der Waals surface area contributed by atoms with Gasteiger partial charge < -0.3 is 4.90 Å². The van der Waals surface area contributed by atoms with Crippen molar-refractivity contribution in [3.05, 3.63) is 29.3 Å². The highest BCUT2D eigenvalue weighted by Crippen LogP contribution is 2.33. The summed E-state index contributed by atoms with van der Waals surface area (Å²) in [6.45, 7) is 6.43. The van der Waals surface area contributed by atoms with Gasteiger partial charge in [0.25, 0.3) is 0 Å². The lowest BCUT2D eigenvalue weighted by molar-refractivity contribution is 0.112. The van der Waals surface area contributed by atoms with Crippen LogP contribution in [0.4, 0.5) is 5.69 Å². The summed E-state index contributed by atoms with van der Waals surface area (Å²) in [6.07, 6.45) is 1.88. The fraction of sp³-hybridized carbons (Fsp3) is 0.467. The Kier molecular flexibility index (Phi) is 4.16. The van der Waals surface area contributed by atoms with E-state index in [-0.39, 0.29) is 0 Å². The number of benzene rings is 1. The van der Waals surface area contributed by atoms with Crippen LogP contribution < -0.4 is 4.90 Å². The van der Waals surface area contributed by atoms with Crippen molar-refractivity contribution >= 4 is 23.7 Å². The van der Waals surface area contributed by atoms with Crippen LogP contribution in [0.5, 0.6) is 0 Å². The van der Waals surface area contributed by atoms with Crippen LogP contribution in [0.1, 0.15) is 36.2 Å². The predicted octanol–water partition coefficient (Wildman–Crippen LogP) is 3.09. The molecule has 0 aliphatic carbocycles. The lowest BCUT2D eigenvalue weighted by atomic mass is 10.1. The van der Waals surface area contributed by atoms with Gasteiger partial charge in [-0.2, -0.15) is 17.0 Å². The molecule has 0 bridgehead atoms. The van der Waals surface area contributed by atoms with Gasteiger partial charge in [0.1, 0.15) is 12.4 Å². The monoisotopic (exact) mass is 274 g/mol. The number of aldehydes is 1. The van der Waals surface area contributed by atoms with Crippen LogP contribution in [0.3, 0.4) is 0 Å². The molecule has 1 aliphatic heterocycles. The molecular weight excluding hydrogens is 256 g/mol. The summed E-state index contributed by atoms with van der Waals surface area (Å²) in [5.41, 5.74) is 2.10. The lowest BCUT2D eigenvalue weighted by Gasteiger charge is -2.25. The molecule has 0 saturated carbocycles. The number of rotatable bonds is 2. The van der Waals surface area contributed by atoms with Crippen molar-refractivity contribution in [2.24, 2.45) is 0 Å². The van der Waals surface area contributed by atoms with Crippen molar-refractivity contribution in [1.82, 2.24) is 0 Å². The van der Waals surface area contributed by atoms with Gasteiger partial charge in [0.2, 0.25) is 0 Å². The number of hydrogen-bond donors (Lipinski definition) is 0. The van der Waals surface area contributed by atoms with Gasteiger partial charge in [0.15, 0.2) is 0 Å². The van der Waals surface area contributed by atoms with Gasteiger partial charge in [-0.25, -0.2) is 0 Å². The van der Waals surface area contributed by atoms with Crippen LogP contribution in [0.15, 0.2) is 18.2 Å². The average molecular weight is 274 g/mol. The molecule has 3 nitrogen and oxygen atoms in total. The number of carbonyl (C=O) groups excluding carboxylic acids is 1. The van der Waals surface area contributed by atoms with Crippen molar-refractivity contribution in [3.8, 4) is 6.07 Å². The molecule has 0 atom stereocenters. The van der Waals surface area contributed by atoms with Gasteiger partial charge >= 0.3 is 0 Å². The first-order valence-corrected chi connectivity index (χ1v) is 7.42. The van der Waals surface area contributed by atoms with Crippen LogP contribution in [-0.2, 0) is 0 Å². The molecule has 0 aromatic heterocycles. The Labute approximate surface area is 118 Å². The quantitative estimate of drug-likeness (QED) is 0.777. The van der Waals surface area contributed by atoms with E-state index in [4.69, 9.17) is 0 Å². The summed E-state index contributed by atoms with van der Waals surface area (Å²) in [7, 11) is 0. The van der Waals surface area contributed by atoms with Crippen LogP contribution >= 0.6 is 11.8 Å². The summed E-state index contributed by atoms with van der Waals surface area (Å²) in [6, 6.07) is 7.55. The zero-order valence-electron chi connectivity index (χ0n) is 11.3. The SMILES string of the molecule is CC1(C)CCN(c2ccc(C=O)cc2C#N)CCS1. The van der Waals surface area contributed by atoms with E-state index >= 15 is 0 Å². The zero-order chi connectivity index (χ0) is 13.9. The smallest absolute Gasteiger partial charge is 0.150 e. The summed E-state index contributed by atoms with van der Waals surface area (Å²) in [4.78, 5) is 13.0. The number of nitriles is 1. The molecule has 0 N–H and O–H groups in total. The minimum Gasteiger partial charge on any atom is -0.370 e. The fourth-order valence-electron chi connectivity index (χ4n) is 2.25. The third-order valence-corrected chi connectivity index (χ3v) is 4.83. The van der Waals surface area contributed by atoms with Crippen LogP contribution in [-0.4, -0.2) is 29.9 Å². The zero-order valence-corrected chi connectivity index (χ0v) is 12.2. The van der Waals surface area contributed by atoms with Crippen LogP contribution in [0.2, 0.25) is 0 Å². The summed E-state index contributed by atoms with van der Waals surface area (Å²) >= 11 is 1.98. The molecule has 1 aliphatic rings. The predicted molar refractivity (Wildman–Crippen MR) is 79.9 cm³/mol. The Morgan fingerprint density at radius 3 is 2.89 bits per heavy atom. The lowest BCUT2D eigenvalue weighted by Crippen LogP contribution is -2.27. The minimum atomic E-state index is 0.296. The topological polar surface area (TPSA) is 44.1 Å².